The largest absolute Gasteiger partial charge is 0.460 e. The Balaban J connectivity index is 2.29. The molecule has 0 unspecified atom stereocenters. The second kappa shape index (κ2) is 31.0. The summed E-state index contributed by atoms with van der Waals surface area (Å²) in [5, 5.41) is 29.0. The Labute approximate surface area is 384 Å². The van der Waals surface area contributed by atoms with Gasteiger partial charge >= 0.3 is 12.1 Å². The van der Waals surface area contributed by atoms with Crippen LogP contribution in [0.5, 0.6) is 0 Å². The van der Waals surface area contributed by atoms with Gasteiger partial charge in [-0.1, -0.05) is 166 Å². The zero-order chi connectivity index (χ0) is 47.5. The van der Waals surface area contributed by atoms with Crippen LogP contribution in [0, 0.1) is 17.8 Å². The van der Waals surface area contributed by atoms with Crippen molar-refractivity contribution in [3.05, 3.63) is 71.8 Å². The van der Waals surface area contributed by atoms with Crippen molar-refractivity contribution in [3.8, 4) is 0 Å². The summed E-state index contributed by atoms with van der Waals surface area (Å²) in [6, 6.07) is 15.2. The first-order valence-electron chi connectivity index (χ1n) is 23.8. The van der Waals surface area contributed by atoms with Crippen molar-refractivity contribution < 1.29 is 48.3 Å². The average molecular weight is 898 g/mol. The van der Waals surface area contributed by atoms with Gasteiger partial charge in [-0.25, -0.2) is 9.59 Å². The summed E-state index contributed by atoms with van der Waals surface area (Å²) in [6.45, 7) is 15.8. The molecule has 0 aliphatic carbocycles. The third-order valence-corrected chi connectivity index (χ3v) is 11.3. The first-order valence-corrected chi connectivity index (χ1v) is 23.8. The highest BCUT2D eigenvalue weighted by Crippen LogP contribution is 2.27. The highest BCUT2D eigenvalue weighted by Gasteiger charge is 2.38. The lowest BCUT2D eigenvalue weighted by Crippen LogP contribution is -2.60. The quantitative estimate of drug-likeness (QED) is 0.0353. The predicted molar refractivity (Wildman–Crippen MR) is 251 cm³/mol. The maximum absolute atomic E-state index is 14.3. The summed E-state index contributed by atoms with van der Waals surface area (Å²) < 4.78 is 24.2. The Morgan fingerprint density at radius 2 is 1.19 bits per heavy atom. The van der Waals surface area contributed by atoms with E-state index in [1.165, 1.54) is 58.3 Å². The van der Waals surface area contributed by atoms with Crippen LogP contribution < -0.4 is 16.0 Å². The molecule has 2 aromatic rings. The van der Waals surface area contributed by atoms with Crippen LogP contribution in [-0.2, 0) is 46.5 Å². The molecule has 0 bridgehead atoms. The minimum absolute atomic E-state index is 0.130. The molecule has 0 radical (unpaired) electrons. The van der Waals surface area contributed by atoms with Crippen LogP contribution in [0.15, 0.2) is 60.7 Å². The van der Waals surface area contributed by atoms with Gasteiger partial charge < -0.3 is 45.1 Å². The average Bonchev–Trinajstić information content (AvgIpc) is 3.25. The summed E-state index contributed by atoms with van der Waals surface area (Å²) >= 11 is 0. The van der Waals surface area contributed by atoms with Gasteiger partial charge in [0.15, 0.2) is 6.04 Å². The van der Waals surface area contributed by atoms with Crippen LogP contribution in [0.25, 0.3) is 0 Å². The Bertz CT molecular complexity index is 1590. The topological polar surface area (TPSA) is 182 Å². The summed E-state index contributed by atoms with van der Waals surface area (Å²) in [5.74, 6) is -3.66. The number of benzene rings is 2. The van der Waals surface area contributed by atoms with Crippen molar-refractivity contribution in [3.63, 3.8) is 0 Å². The molecule has 362 valence electrons. The predicted octanol–water partition coefficient (Wildman–Crippen LogP) is 8.57. The zero-order valence-electron chi connectivity index (χ0n) is 40.4. The van der Waals surface area contributed by atoms with E-state index >= 15 is 0 Å². The van der Waals surface area contributed by atoms with Gasteiger partial charge in [-0.05, 0) is 51.2 Å². The molecule has 64 heavy (non-hydrogen) atoms. The summed E-state index contributed by atoms with van der Waals surface area (Å²) in [6.07, 6.45) is 10.7. The fourth-order valence-electron chi connectivity index (χ4n) is 7.48. The molecule has 0 saturated carbocycles. The van der Waals surface area contributed by atoms with Crippen molar-refractivity contribution in [1.29, 1.82) is 0 Å². The molecule has 13 nitrogen and oxygen atoms in total. The Hall–Kier alpha value is -4.04. The van der Waals surface area contributed by atoms with Crippen molar-refractivity contribution in [1.82, 2.24) is 16.0 Å². The summed E-state index contributed by atoms with van der Waals surface area (Å²) in [7, 11) is 0. The summed E-state index contributed by atoms with van der Waals surface area (Å²) in [5.41, 5.74) is 1.04. The molecule has 5 N–H and O–H groups in total. The molecule has 13 heteroatoms. The van der Waals surface area contributed by atoms with E-state index in [1.807, 2.05) is 67.6 Å². The molecule has 2 rings (SSSR count). The second-order valence-corrected chi connectivity index (χ2v) is 18.7. The van der Waals surface area contributed by atoms with Gasteiger partial charge in [0.05, 0.1) is 32.0 Å². The van der Waals surface area contributed by atoms with Crippen LogP contribution >= 0.6 is 0 Å². The van der Waals surface area contributed by atoms with Crippen LogP contribution in [0.1, 0.15) is 150 Å². The van der Waals surface area contributed by atoms with E-state index in [2.05, 4.69) is 22.9 Å². The van der Waals surface area contributed by atoms with E-state index < -0.39 is 71.6 Å². The van der Waals surface area contributed by atoms with Crippen molar-refractivity contribution >= 4 is 23.9 Å². The molecule has 0 heterocycles. The maximum atomic E-state index is 14.3. The van der Waals surface area contributed by atoms with E-state index in [4.69, 9.17) is 18.9 Å². The first kappa shape index (κ1) is 56.1. The number of amides is 3. The summed E-state index contributed by atoms with van der Waals surface area (Å²) in [4.78, 5) is 54.5. The van der Waals surface area contributed by atoms with Crippen LogP contribution in [0.4, 0.5) is 4.79 Å². The van der Waals surface area contributed by atoms with Gasteiger partial charge in [-0.15, -0.1) is 0 Å². The molecule has 0 aliphatic rings. The number of aliphatic hydroxyl groups excluding tert-OH is 2. The number of rotatable bonds is 32. The standard InChI is InChI=1S/C51H83N3O10/c1-10-11-12-13-14-15-16-17-18-19-26-31-43(62-34-41-29-24-21-25-30-41)38(5)46(37(4)32-55)63-49(59)42(35-61-33-40-27-22-20-23-28-40)52-48(58)45(39(6)56)53-47(57)44(36(2)3)54-50(60)64-51(7,8)9/h20-25,27-30,36-39,42-46,55-56H,10-19,26,31-35H2,1-9H3,(H,52,58)(H,53,57)(H,54,60)/t37-,38-,39+,42-,43-,44-,45-,46-/m0/s1. The fourth-order valence-corrected chi connectivity index (χ4v) is 7.48. The molecule has 0 aromatic heterocycles. The Morgan fingerprint density at radius 1 is 0.672 bits per heavy atom. The molecular weight excluding hydrogens is 815 g/mol. The highest BCUT2D eigenvalue weighted by atomic mass is 16.6. The van der Waals surface area contributed by atoms with E-state index in [9.17, 15) is 29.4 Å². The third-order valence-electron chi connectivity index (χ3n) is 11.3. The number of esters is 1. The van der Waals surface area contributed by atoms with E-state index in [0.717, 1.165) is 36.8 Å². The molecule has 2 aromatic carbocycles. The van der Waals surface area contributed by atoms with Gasteiger partial charge in [0.1, 0.15) is 23.8 Å². The second-order valence-electron chi connectivity index (χ2n) is 18.7. The van der Waals surface area contributed by atoms with Crippen LogP contribution in [0.2, 0.25) is 0 Å². The Morgan fingerprint density at radius 3 is 1.69 bits per heavy atom. The van der Waals surface area contributed by atoms with E-state index in [1.54, 1.807) is 41.5 Å². The fraction of sp³-hybridized carbons (Fsp3) is 0.686. The molecule has 0 fully saturated rings. The number of aliphatic hydroxyl groups is 2. The molecule has 0 saturated heterocycles. The number of unbranched alkanes of at least 4 members (excludes halogenated alkanes) is 10. The van der Waals surface area contributed by atoms with Gasteiger partial charge in [0.2, 0.25) is 11.8 Å². The molecule has 0 spiro atoms. The van der Waals surface area contributed by atoms with Crippen molar-refractivity contribution in [2.75, 3.05) is 13.2 Å². The number of carbonyl (C=O) groups excluding carboxylic acids is 4. The minimum atomic E-state index is -1.52. The van der Waals surface area contributed by atoms with Crippen molar-refractivity contribution in [2.24, 2.45) is 17.8 Å². The number of hydrogen-bond acceptors (Lipinski definition) is 10. The highest BCUT2D eigenvalue weighted by molar-refractivity contribution is 5.93. The Kier molecular flexibility index (Phi) is 27.2. The van der Waals surface area contributed by atoms with E-state index in [-0.39, 0.29) is 31.8 Å². The molecular formula is C51H83N3O10. The maximum Gasteiger partial charge on any atom is 0.408 e. The monoisotopic (exact) mass is 898 g/mol. The van der Waals surface area contributed by atoms with E-state index in [0.29, 0.717) is 6.61 Å². The minimum Gasteiger partial charge on any atom is -0.460 e. The lowest BCUT2D eigenvalue weighted by Gasteiger charge is -2.35. The number of alkyl carbamates (subject to hydrolysis) is 1. The van der Waals surface area contributed by atoms with Gasteiger partial charge in [-0.2, -0.15) is 0 Å². The zero-order valence-corrected chi connectivity index (χ0v) is 40.4. The molecule has 0 aliphatic heterocycles. The smallest absolute Gasteiger partial charge is 0.408 e. The number of ether oxygens (including phenoxy) is 4. The third kappa shape index (κ3) is 22.7. The van der Waals surface area contributed by atoms with Gasteiger partial charge in [0.25, 0.3) is 0 Å². The number of nitrogens with one attached hydrogen (secondary N) is 3. The first-order chi connectivity index (χ1) is 30.5. The molecule has 8 atom stereocenters. The SMILES string of the molecule is CCCCCCCCCCCCC[C@H](OCc1ccccc1)[C@H](C)[C@@H](OC(=O)[C@H](COCc1ccccc1)NC(=O)[C@@H](NC(=O)[C@@H](NC(=O)OC(C)(C)C)C(C)C)[C@@H](C)O)[C@@H](C)CO. The van der Waals surface area contributed by atoms with Crippen LogP contribution in [0.3, 0.4) is 0 Å². The lowest BCUT2D eigenvalue weighted by molar-refractivity contribution is -0.166. The normalized spacial score (nSPS) is 15.5. The molecule has 3 amide bonds. The van der Waals surface area contributed by atoms with Crippen molar-refractivity contribution in [2.45, 2.75) is 195 Å². The van der Waals surface area contributed by atoms with Gasteiger partial charge in [-0.3, -0.25) is 9.59 Å². The van der Waals surface area contributed by atoms with Gasteiger partial charge in [0, 0.05) is 18.4 Å². The number of carbonyl (C=O) groups is 4. The number of hydrogen-bond donors (Lipinski definition) is 5. The lowest BCUT2D eigenvalue weighted by atomic mass is 9.87. The van der Waals surface area contributed by atoms with Crippen LogP contribution in [-0.4, -0.2) is 89.3 Å².